The molecule has 19 heavy (non-hydrogen) atoms. The van der Waals surface area contributed by atoms with Crippen molar-refractivity contribution in [2.75, 3.05) is 18.5 Å². The Balaban J connectivity index is 2.89. The Bertz CT molecular complexity index is 493. The number of Topliss-reactive ketones (excluding diaryl/α,β-unsaturated/α-hetero) is 1. The van der Waals surface area contributed by atoms with Crippen molar-refractivity contribution in [2.45, 2.75) is 13.8 Å². The van der Waals surface area contributed by atoms with Crippen molar-refractivity contribution < 1.29 is 23.5 Å². The van der Waals surface area contributed by atoms with Crippen LogP contribution in [0.3, 0.4) is 0 Å². The van der Waals surface area contributed by atoms with E-state index in [1.165, 1.54) is 13.0 Å². The Kier molecular flexibility index (Phi) is 5.75. The monoisotopic (exact) mass is 333 g/mol. The molecule has 0 spiro atoms. The third-order valence-electron chi connectivity index (χ3n) is 1.96. The summed E-state index contributed by atoms with van der Waals surface area (Å²) < 4.78 is 23.8. The van der Waals surface area contributed by atoms with Gasteiger partial charge in [0.05, 0.1) is 16.8 Å². The van der Waals surface area contributed by atoms with Crippen molar-refractivity contribution in [1.29, 1.82) is 0 Å². The Morgan fingerprint density at radius 1 is 1.42 bits per heavy atom. The van der Waals surface area contributed by atoms with E-state index in [1.54, 1.807) is 6.92 Å². The van der Waals surface area contributed by atoms with Crippen molar-refractivity contribution >= 4 is 33.5 Å². The predicted octanol–water partition coefficient (Wildman–Crippen LogP) is 3.12. The van der Waals surface area contributed by atoms with Gasteiger partial charge in [-0.3, -0.25) is 10.1 Å². The lowest BCUT2D eigenvalue weighted by Crippen LogP contribution is -2.15. The number of ether oxygens (including phenoxy) is 2. The molecule has 1 aromatic rings. The molecule has 1 aromatic carbocycles. The quantitative estimate of drug-likeness (QED) is 0.899. The van der Waals surface area contributed by atoms with Crippen LogP contribution in [-0.4, -0.2) is 25.1 Å². The van der Waals surface area contributed by atoms with Gasteiger partial charge in [0.25, 0.3) is 0 Å². The normalized spacial score (nSPS) is 9.89. The minimum absolute atomic E-state index is 0.0831. The van der Waals surface area contributed by atoms with Crippen molar-refractivity contribution in [3.8, 4) is 5.75 Å². The van der Waals surface area contributed by atoms with Gasteiger partial charge in [-0.1, -0.05) is 0 Å². The van der Waals surface area contributed by atoms with Crippen molar-refractivity contribution in [1.82, 2.24) is 0 Å². The molecule has 7 heteroatoms. The minimum atomic E-state index is -0.763. The van der Waals surface area contributed by atoms with E-state index in [2.05, 4.69) is 26.0 Å². The second-order valence-electron chi connectivity index (χ2n) is 3.60. The number of ketones is 1. The fraction of sp³-hybridized carbons (Fsp3) is 0.333. The highest BCUT2D eigenvalue weighted by Gasteiger charge is 2.13. The summed E-state index contributed by atoms with van der Waals surface area (Å²) in [6.45, 7) is 3.05. The number of nitrogens with one attached hydrogen (secondary N) is 1. The number of benzene rings is 1. The molecular weight excluding hydrogens is 321 g/mol. The van der Waals surface area contributed by atoms with E-state index in [0.29, 0.717) is 4.47 Å². The summed E-state index contributed by atoms with van der Waals surface area (Å²) in [6, 6.07) is 2.41. The molecule has 0 saturated carbocycles. The van der Waals surface area contributed by atoms with Crippen LogP contribution in [0, 0.1) is 5.82 Å². The first kappa shape index (κ1) is 15.4. The van der Waals surface area contributed by atoms with Crippen LogP contribution in [-0.2, 0) is 9.53 Å². The van der Waals surface area contributed by atoms with E-state index in [9.17, 15) is 14.0 Å². The van der Waals surface area contributed by atoms with Gasteiger partial charge in [-0.2, -0.15) is 0 Å². The van der Waals surface area contributed by atoms with E-state index in [1.807, 2.05) is 0 Å². The van der Waals surface area contributed by atoms with Gasteiger partial charge in [-0.15, -0.1) is 0 Å². The van der Waals surface area contributed by atoms with E-state index in [4.69, 9.17) is 4.74 Å². The van der Waals surface area contributed by atoms with Crippen LogP contribution in [0.25, 0.3) is 0 Å². The molecule has 0 heterocycles. The largest absolute Gasteiger partial charge is 0.485 e. The van der Waals surface area contributed by atoms with Gasteiger partial charge in [0.15, 0.2) is 5.78 Å². The Morgan fingerprint density at radius 2 is 2.11 bits per heavy atom. The number of rotatable bonds is 5. The highest BCUT2D eigenvalue weighted by atomic mass is 79.9. The van der Waals surface area contributed by atoms with Crippen LogP contribution >= 0.6 is 15.9 Å². The van der Waals surface area contributed by atoms with Gasteiger partial charge < -0.3 is 9.47 Å². The topological polar surface area (TPSA) is 64.6 Å². The maximum Gasteiger partial charge on any atom is 0.411 e. The molecule has 104 valence electrons. The maximum atomic E-state index is 13.6. The van der Waals surface area contributed by atoms with Crippen LogP contribution in [0.4, 0.5) is 14.9 Å². The summed E-state index contributed by atoms with van der Waals surface area (Å²) in [5.74, 6) is -0.561. The summed E-state index contributed by atoms with van der Waals surface area (Å²) in [5.41, 5.74) is -0.0831. The molecule has 0 atom stereocenters. The third-order valence-corrected chi connectivity index (χ3v) is 2.58. The van der Waals surface area contributed by atoms with Crippen molar-refractivity contribution in [3.05, 3.63) is 22.4 Å². The van der Waals surface area contributed by atoms with Crippen LogP contribution < -0.4 is 10.1 Å². The van der Waals surface area contributed by atoms with Crippen molar-refractivity contribution in [2.24, 2.45) is 0 Å². The van der Waals surface area contributed by atoms with Gasteiger partial charge in [-0.05, 0) is 35.8 Å². The molecule has 0 bridgehead atoms. The highest BCUT2D eigenvalue weighted by molar-refractivity contribution is 9.10. The lowest BCUT2D eigenvalue weighted by Gasteiger charge is -2.11. The first-order valence-electron chi connectivity index (χ1n) is 5.49. The molecule has 0 aliphatic rings. The van der Waals surface area contributed by atoms with Crippen LogP contribution in [0.15, 0.2) is 16.6 Å². The fourth-order valence-electron chi connectivity index (χ4n) is 1.19. The summed E-state index contributed by atoms with van der Waals surface area (Å²) in [5, 5.41) is 2.24. The molecule has 0 unspecified atom stereocenters. The van der Waals surface area contributed by atoms with Crippen LogP contribution in [0.5, 0.6) is 5.75 Å². The first-order valence-corrected chi connectivity index (χ1v) is 6.28. The number of carbonyl (C=O) groups excluding carboxylic acids is 2. The van der Waals surface area contributed by atoms with Gasteiger partial charge in [-0.25, -0.2) is 9.18 Å². The number of hydrogen-bond acceptors (Lipinski definition) is 4. The van der Waals surface area contributed by atoms with Gasteiger partial charge >= 0.3 is 6.09 Å². The van der Waals surface area contributed by atoms with Crippen LogP contribution in [0.1, 0.15) is 13.8 Å². The fourth-order valence-corrected chi connectivity index (χ4v) is 1.62. The summed E-state index contributed by atoms with van der Waals surface area (Å²) in [4.78, 5) is 22.1. The zero-order valence-electron chi connectivity index (χ0n) is 10.5. The van der Waals surface area contributed by atoms with E-state index in [0.717, 1.165) is 6.07 Å². The molecule has 1 amide bonds. The standard InChI is InChI=1S/C12H13BrFNO4/c1-3-18-12(17)15-10-5-11(19-6-7(2)16)8(13)4-9(10)14/h4-5H,3,6H2,1-2H3,(H,15,17). The van der Waals surface area contributed by atoms with Gasteiger partial charge in [0, 0.05) is 6.07 Å². The summed E-state index contributed by atoms with van der Waals surface area (Å²) in [6.07, 6.45) is -0.763. The summed E-state index contributed by atoms with van der Waals surface area (Å²) in [7, 11) is 0. The second-order valence-corrected chi connectivity index (χ2v) is 4.45. The SMILES string of the molecule is CCOC(=O)Nc1cc(OCC(C)=O)c(Br)cc1F. The predicted molar refractivity (Wildman–Crippen MR) is 70.9 cm³/mol. The Labute approximate surface area is 118 Å². The van der Waals surface area contributed by atoms with E-state index < -0.39 is 11.9 Å². The highest BCUT2D eigenvalue weighted by Crippen LogP contribution is 2.31. The Hall–Kier alpha value is -1.63. The minimum Gasteiger partial charge on any atom is -0.485 e. The molecular formula is C12H13BrFNO4. The first-order chi connectivity index (χ1) is 8.93. The number of amides is 1. The molecule has 0 saturated heterocycles. The number of halogens is 2. The van der Waals surface area contributed by atoms with E-state index in [-0.39, 0.29) is 30.4 Å². The average molecular weight is 334 g/mol. The lowest BCUT2D eigenvalue weighted by molar-refractivity contribution is -0.118. The second kappa shape index (κ2) is 7.08. The average Bonchev–Trinajstić information content (AvgIpc) is 2.31. The zero-order valence-corrected chi connectivity index (χ0v) is 12.0. The van der Waals surface area contributed by atoms with Gasteiger partial charge in [0.2, 0.25) is 0 Å². The maximum absolute atomic E-state index is 13.6. The molecule has 0 fully saturated rings. The smallest absolute Gasteiger partial charge is 0.411 e. The van der Waals surface area contributed by atoms with Crippen molar-refractivity contribution in [3.63, 3.8) is 0 Å². The molecule has 0 aromatic heterocycles. The zero-order chi connectivity index (χ0) is 14.4. The van der Waals surface area contributed by atoms with E-state index >= 15 is 0 Å². The molecule has 5 nitrogen and oxygen atoms in total. The number of carbonyl (C=O) groups is 2. The molecule has 1 rings (SSSR count). The third kappa shape index (κ3) is 4.86. The molecule has 0 aliphatic carbocycles. The molecule has 1 N–H and O–H groups in total. The number of anilines is 1. The molecule has 0 aliphatic heterocycles. The van der Waals surface area contributed by atoms with Crippen LogP contribution in [0.2, 0.25) is 0 Å². The van der Waals surface area contributed by atoms with Gasteiger partial charge in [0.1, 0.15) is 18.2 Å². The molecule has 0 radical (unpaired) electrons. The Morgan fingerprint density at radius 3 is 2.68 bits per heavy atom. The lowest BCUT2D eigenvalue weighted by atomic mass is 10.3. The number of hydrogen-bond donors (Lipinski definition) is 1. The summed E-state index contributed by atoms with van der Waals surface area (Å²) >= 11 is 3.11.